The maximum absolute atomic E-state index is 11.5. The molecule has 0 spiro atoms. The van der Waals surface area contributed by atoms with Gasteiger partial charge in [-0.3, -0.25) is 4.79 Å². The smallest absolute Gasteiger partial charge is 0.329 e. The van der Waals surface area contributed by atoms with Crippen LogP contribution < -0.4 is 5.32 Å². The van der Waals surface area contributed by atoms with Crippen LogP contribution in [-0.2, 0) is 9.59 Å². The standard InChI is InChI=1S/C12H13NO4/c14-10(5-4-9-3-1-8-17-9)13-12(11(15)16)6-2-7-12/h1,3-5,8H,2,6-7H2,(H,13,14)(H,15,16). The van der Waals surface area contributed by atoms with E-state index >= 15 is 0 Å². The summed E-state index contributed by atoms with van der Waals surface area (Å²) in [5, 5.41) is 11.6. The number of carboxylic acids is 1. The van der Waals surface area contributed by atoms with Gasteiger partial charge in [-0.15, -0.1) is 0 Å². The minimum absolute atomic E-state index is 0.413. The Hall–Kier alpha value is -2.04. The number of rotatable bonds is 4. The third kappa shape index (κ3) is 2.38. The molecule has 0 saturated heterocycles. The van der Waals surface area contributed by atoms with E-state index in [4.69, 9.17) is 9.52 Å². The normalized spacial score (nSPS) is 17.6. The van der Waals surface area contributed by atoms with Crippen molar-refractivity contribution in [1.82, 2.24) is 5.32 Å². The van der Waals surface area contributed by atoms with Crippen LogP contribution in [0.15, 0.2) is 28.9 Å². The van der Waals surface area contributed by atoms with Crippen molar-refractivity contribution in [3.05, 3.63) is 30.2 Å². The van der Waals surface area contributed by atoms with Crippen LogP contribution in [0, 0.1) is 0 Å². The average molecular weight is 235 g/mol. The van der Waals surface area contributed by atoms with Crippen molar-refractivity contribution < 1.29 is 19.1 Å². The Bertz CT molecular complexity index is 443. The van der Waals surface area contributed by atoms with Gasteiger partial charge in [0.25, 0.3) is 0 Å². The molecule has 5 heteroatoms. The zero-order chi connectivity index (χ0) is 12.3. The molecule has 1 aliphatic rings. The number of nitrogens with one attached hydrogen (secondary N) is 1. The number of amides is 1. The van der Waals surface area contributed by atoms with Gasteiger partial charge in [-0.1, -0.05) is 0 Å². The maximum Gasteiger partial charge on any atom is 0.329 e. The Balaban J connectivity index is 1.95. The van der Waals surface area contributed by atoms with Gasteiger partial charge in [0.2, 0.25) is 5.91 Å². The van der Waals surface area contributed by atoms with E-state index in [0.29, 0.717) is 18.6 Å². The quantitative estimate of drug-likeness (QED) is 0.773. The van der Waals surface area contributed by atoms with Crippen molar-refractivity contribution in [3.8, 4) is 0 Å². The molecule has 1 amide bonds. The van der Waals surface area contributed by atoms with E-state index in [1.807, 2.05) is 0 Å². The van der Waals surface area contributed by atoms with Gasteiger partial charge in [-0.25, -0.2) is 4.79 Å². The zero-order valence-corrected chi connectivity index (χ0v) is 9.18. The topological polar surface area (TPSA) is 79.5 Å². The monoisotopic (exact) mass is 235 g/mol. The molecule has 1 heterocycles. The summed E-state index contributed by atoms with van der Waals surface area (Å²) in [4.78, 5) is 22.6. The zero-order valence-electron chi connectivity index (χ0n) is 9.18. The molecule has 0 unspecified atom stereocenters. The molecule has 0 bridgehead atoms. The molecule has 5 nitrogen and oxygen atoms in total. The Labute approximate surface area is 98.1 Å². The van der Waals surface area contributed by atoms with Crippen LogP contribution in [0.25, 0.3) is 6.08 Å². The number of hydrogen-bond acceptors (Lipinski definition) is 3. The number of hydrogen-bond donors (Lipinski definition) is 2. The van der Waals surface area contributed by atoms with Crippen LogP contribution in [-0.4, -0.2) is 22.5 Å². The second kappa shape index (κ2) is 4.45. The van der Waals surface area contributed by atoms with Gasteiger partial charge in [0.1, 0.15) is 11.3 Å². The molecule has 1 saturated carbocycles. The molecule has 2 rings (SSSR count). The first kappa shape index (κ1) is 11.4. The predicted octanol–water partition coefficient (Wildman–Crippen LogP) is 1.42. The summed E-state index contributed by atoms with van der Waals surface area (Å²) >= 11 is 0. The SMILES string of the molecule is O=C(C=Cc1ccco1)NC1(C(=O)O)CCC1. The number of carboxylic acid groups (broad SMARTS) is 1. The van der Waals surface area contributed by atoms with E-state index in [1.165, 1.54) is 18.4 Å². The van der Waals surface area contributed by atoms with Gasteiger partial charge in [0, 0.05) is 6.08 Å². The summed E-state index contributed by atoms with van der Waals surface area (Å²) in [6, 6.07) is 3.42. The van der Waals surface area contributed by atoms with Crippen LogP contribution in [0.4, 0.5) is 0 Å². The maximum atomic E-state index is 11.5. The van der Waals surface area contributed by atoms with Crippen molar-refractivity contribution in [1.29, 1.82) is 0 Å². The Morgan fingerprint density at radius 2 is 2.24 bits per heavy atom. The van der Waals surface area contributed by atoms with Crippen LogP contribution in [0.5, 0.6) is 0 Å². The number of carbonyl (C=O) groups excluding carboxylic acids is 1. The Kier molecular flexibility index (Phi) is 2.99. The molecule has 90 valence electrons. The molecule has 2 N–H and O–H groups in total. The summed E-state index contributed by atoms with van der Waals surface area (Å²) in [6.45, 7) is 0. The lowest BCUT2D eigenvalue weighted by Gasteiger charge is -2.37. The molecular formula is C12H13NO4. The molecular weight excluding hydrogens is 222 g/mol. The van der Waals surface area contributed by atoms with Crippen LogP contribution in [0.1, 0.15) is 25.0 Å². The largest absolute Gasteiger partial charge is 0.480 e. The highest BCUT2D eigenvalue weighted by Crippen LogP contribution is 2.31. The second-order valence-corrected chi connectivity index (χ2v) is 4.08. The van der Waals surface area contributed by atoms with E-state index in [2.05, 4.69) is 5.32 Å². The lowest BCUT2D eigenvalue weighted by atomic mass is 9.77. The van der Waals surface area contributed by atoms with Gasteiger partial charge >= 0.3 is 5.97 Å². The summed E-state index contributed by atoms with van der Waals surface area (Å²) in [5.74, 6) is -0.829. The fourth-order valence-corrected chi connectivity index (χ4v) is 1.74. The van der Waals surface area contributed by atoms with Gasteiger partial charge in [-0.2, -0.15) is 0 Å². The van der Waals surface area contributed by atoms with E-state index in [9.17, 15) is 9.59 Å². The fourth-order valence-electron chi connectivity index (χ4n) is 1.74. The van der Waals surface area contributed by atoms with E-state index in [1.54, 1.807) is 12.1 Å². The summed E-state index contributed by atoms with van der Waals surface area (Å²) in [7, 11) is 0. The highest BCUT2D eigenvalue weighted by molar-refractivity contribution is 5.95. The molecule has 1 fully saturated rings. The number of aliphatic carboxylic acids is 1. The van der Waals surface area contributed by atoms with Crippen molar-refractivity contribution in [3.63, 3.8) is 0 Å². The van der Waals surface area contributed by atoms with Gasteiger partial charge < -0.3 is 14.8 Å². The average Bonchev–Trinajstić information content (AvgIpc) is 2.72. The first-order valence-electron chi connectivity index (χ1n) is 5.39. The molecule has 1 aromatic rings. The fraction of sp³-hybridized carbons (Fsp3) is 0.333. The van der Waals surface area contributed by atoms with Gasteiger partial charge in [0.15, 0.2) is 0 Å². The van der Waals surface area contributed by atoms with Crippen molar-refractivity contribution in [2.24, 2.45) is 0 Å². The molecule has 1 aliphatic carbocycles. The van der Waals surface area contributed by atoms with Gasteiger partial charge in [-0.05, 0) is 37.5 Å². The Morgan fingerprint density at radius 1 is 1.47 bits per heavy atom. The predicted molar refractivity (Wildman–Crippen MR) is 60.1 cm³/mol. The van der Waals surface area contributed by atoms with E-state index < -0.39 is 17.4 Å². The lowest BCUT2D eigenvalue weighted by Crippen LogP contribution is -2.58. The Morgan fingerprint density at radius 3 is 2.71 bits per heavy atom. The molecule has 0 atom stereocenters. The minimum atomic E-state index is -1.06. The number of furan rings is 1. The van der Waals surface area contributed by atoms with Crippen LogP contribution in [0.2, 0.25) is 0 Å². The van der Waals surface area contributed by atoms with Crippen LogP contribution in [0.3, 0.4) is 0 Å². The second-order valence-electron chi connectivity index (χ2n) is 4.08. The third-order valence-electron chi connectivity index (χ3n) is 2.92. The van der Waals surface area contributed by atoms with E-state index in [-0.39, 0.29) is 0 Å². The highest BCUT2D eigenvalue weighted by Gasteiger charge is 2.45. The van der Waals surface area contributed by atoms with Crippen LogP contribution >= 0.6 is 0 Å². The van der Waals surface area contributed by atoms with Gasteiger partial charge in [0.05, 0.1) is 6.26 Å². The summed E-state index contributed by atoms with van der Waals surface area (Å²) in [5.41, 5.74) is -1.06. The highest BCUT2D eigenvalue weighted by atomic mass is 16.4. The molecule has 1 aromatic heterocycles. The molecule has 0 aromatic carbocycles. The van der Waals surface area contributed by atoms with Crippen molar-refractivity contribution in [2.75, 3.05) is 0 Å². The lowest BCUT2D eigenvalue weighted by molar-refractivity contribution is -0.151. The minimum Gasteiger partial charge on any atom is -0.480 e. The molecule has 0 radical (unpaired) electrons. The molecule has 17 heavy (non-hydrogen) atoms. The summed E-state index contributed by atoms with van der Waals surface area (Å²) in [6.07, 6.45) is 6.09. The van der Waals surface area contributed by atoms with Crippen molar-refractivity contribution in [2.45, 2.75) is 24.8 Å². The third-order valence-corrected chi connectivity index (χ3v) is 2.92. The first-order chi connectivity index (χ1) is 8.12. The van der Waals surface area contributed by atoms with Crippen molar-refractivity contribution >= 4 is 18.0 Å². The molecule has 0 aliphatic heterocycles. The summed E-state index contributed by atoms with van der Waals surface area (Å²) < 4.78 is 5.02. The number of carbonyl (C=O) groups is 2. The first-order valence-corrected chi connectivity index (χ1v) is 5.39. The van der Waals surface area contributed by atoms with E-state index in [0.717, 1.165) is 6.42 Å².